The first-order valence-corrected chi connectivity index (χ1v) is 7.33. The molecular formula is C18H19FO5. The van der Waals surface area contributed by atoms with Crippen LogP contribution in [-0.2, 0) is 18.0 Å². The van der Waals surface area contributed by atoms with E-state index in [0.717, 1.165) is 5.56 Å². The van der Waals surface area contributed by atoms with Crippen LogP contribution in [0.5, 0.6) is 11.5 Å². The van der Waals surface area contributed by atoms with E-state index < -0.39 is 6.16 Å². The van der Waals surface area contributed by atoms with Crippen LogP contribution in [-0.4, -0.2) is 18.4 Å². The summed E-state index contributed by atoms with van der Waals surface area (Å²) in [4.78, 5) is 11.3. The van der Waals surface area contributed by atoms with E-state index in [1.807, 2.05) is 6.92 Å². The Bertz CT molecular complexity index is 742. The summed E-state index contributed by atoms with van der Waals surface area (Å²) in [5.74, 6) is 0.241. The summed E-state index contributed by atoms with van der Waals surface area (Å²) in [6.07, 6.45) is -0.871. The minimum absolute atomic E-state index is 0.00635. The normalized spacial score (nSPS) is 10.4. The number of hydrogen-bond acceptors (Lipinski definition) is 5. The Morgan fingerprint density at radius 3 is 2.58 bits per heavy atom. The van der Waals surface area contributed by atoms with Gasteiger partial charge in [-0.15, -0.1) is 0 Å². The molecule has 0 radical (unpaired) electrons. The van der Waals surface area contributed by atoms with Gasteiger partial charge in [-0.25, -0.2) is 9.18 Å². The van der Waals surface area contributed by atoms with Crippen molar-refractivity contribution in [1.29, 1.82) is 0 Å². The fraction of sp³-hybridized carbons (Fsp3) is 0.278. The second kappa shape index (κ2) is 7.79. The molecule has 0 saturated heterocycles. The number of aryl methyl sites for hydroxylation is 2. The van der Waals surface area contributed by atoms with Gasteiger partial charge < -0.3 is 19.3 Å². The average molecular weight is 334 g/mol. The molecule has 2 aromatic carbocycles. The lowest BCUT2D eigenvalue weighted by molar-refractivity contribution is 0.120. The van der Waals surface area contributed by atoms with Crippen LogP contribution in [0.2, 0.25) is 0 Å². The highest BCUT2D eigenvalue weighted by Crippen LogP contribution is 2.27. The van der Waals surface area contributed by atoms with Crippen LogP contribution >= 0.6 is 0 Å². The van der Waals surface area contributed by atoms with Crippen LogP contribution < -0.4 is 9.47 Å². The van der Waals surface area contributed by atoms with Gasteiger partial charge in [0.2, 0.25) is 0 Å². The molecule has 0 aliphatic carbocycles. The number of carbonyl (C=O) groups excluding carboxylic acids is 1. The molecule has 2 aromatic rings. The van der Waals surface area contributed by atoms with Crippen LogP contribution in [0.3, 0.4) is 0 Å². The van der Waals surface area contributed by atoms with E-state index in [1.54, 1.807) is 31.2 Å². The molecule has 0 amide bonds. The van der Waals surface area contributed by atoms with E-state index in [0.29, 0.717) is 22.4 Å². The molecule has 0 spiro atoms. The summed E-state index contributed by atoms with van der Waals surface area (Å²) in [6.45, 7) is 3.24. The summed E-state index contributed by atoms with van der Waals surface area (Å²) in [5, 5.41) is 9.48. The molecule has 5 nitrogen and oxygen atoms in total. The van der Waals surface area contributed by atoms with E-state index in [4.69, 9.17) is 9.47 Å². The van der Waals surface area contributed by atoms with Crippen LogP contribution in [0.4, 0.5) is 9.18 Å². The summed E-state index contributed by atoms with van der Waals surface area (Å²) in [7, 11) is 1.20. The van der Waals surface area contributed by atoms with Gasteiger partial charge in [0.1, 0.15) is 23.9 Å². The highest BCUT2D eigenvalue weighted by Gasteiger charge is 2.15. The van der Waals surface area contributed by atoms with Crippen molar-refractivity contribution in [2.24, 2.45) is 0 Å². The minimum atomic E-state index is -0.871. The predicted molar refractivity (Wildman–Crippen MR) is 85.6 cm³/mol. The second-order valence-corrected chi connectivity index (χ2v) is 5.26. The zero-order valence-corrected chi connectivity index (χ0v) is 13.8. The molecule has 24 heavy (non-hydrogen) atoms. The molecule has 0 aliphatic rings. The van der Waals surface area contributed by atoms with Crippen LogP contribution in [0, 0.1) is 19.7 Å². The highest BCUT2D eigenvalue weighted by molar-refractivity contribution is 5.64. The number of hydrogen-bond donors (Lipinski definition) is 1. The van der Waals surface area contributed by atoms with Gasteiger partial charge in [0.15, 0.2) is 0 Å². The molecule has 0 unspecified atom stereocenters. The van der Waals surface area contributed by atoms with Gasteiger partial charge in [0.25, 0.3) is 0 Å². The lowest BCUT2D eigenvalue weighted by atomic mass is 10.1. The third-order valence-corrected chi connectivity index (χ3v) is 3.59. The minimum Gasteiger partial charge on any atom is -0.488 e. The van der Waals surface area contributed by atoms with Crippen molar-refractivity contribution in [3.8, 4) is 11.5 Å². The van der Waals surface area contributed by atoms with Gasteiger partial charge >= 0.3 is 6.16 Å². The van der Waals surface area contributed by atoms with Crippen LogP contribution in [0.15, 0.2) is 30.3 Å². The second-order valence-electron chi connectivity index (χ2n) is 5.26. The molecule has 1 N–H and O–H groups in total. The third kappa shape index (κ3) is 4.02. The maximum Gasteiger partial charge on any atom is 0.513 e. The van der Waals surface area contributed by atoms with E-state index in [-0.39, 0.29) is 24.8 Å². The maximum absolute atomic E-state index is 13.7. The Morgan fingerprint density at radius 2 is 1.92 bits per heavy atom. The first kappa shape index (κ1) is 17.7. The largest absolute Gasteiger partial charge is 0.513 e. The number of ether oxygens (including phenoxy) is 3. The number of carbonyl (C=O) groups is 1. The van der Waals surface area contributed by atoms with Crippen molar-refractivity contribution in [1.82, 2.24) is 0 Å². The van der Waals surface area contributed by atoms with E-state index >= 15 is 0 Å². The lowest BCUT2D eigenvalue weighted by Crippen LogP contribution is -2.11. The molecular weight excluding hydrogens is 315 g/mol. The highest BCUT2D eigenvalue weighted by atomic mass is 19.1. The Morgan fingerprint density at radius 1 is 1.17 bits per heavy atom. The maximum atomic E-state index is 13.7. The zero-order valence-electron chi connectivity index (χ0n) is 13.8. The number of methoxy groups -OCH3 is 1. The topological polar surface area (TPSA) is 65.0 Å². The van der Waals surface area contributed by atoms with E-state index in [1.165, 1.54) is 13.2 Å². The third-order valence-electron chi connectivity index (χ3n) is 3.59. The molecule has 0 saturated carbocycles. The lowest BCUT2D eigenvalue weighted by Gasteiger charge is -2.15. The van der Waals surface area contributed by atoms with Crippen molar-refractivity contribution in [3.05, 3.63) is 58.4 Å². The van der Waals surface area contributed by atoms with Gasteiger partial charge in [0.05, 0.1) is 13.7 Å². The molecule has 0 fully saturated rings. The number of rotatable bonds is 5. The number of aliphatic hydroxyl groups is 1. The molecule has 0 bridgehead atoms. The smallest absolute Gasteiger partial charge is 0.488 e. The van der Waals surface area contributed by atoms with Crippen molar-refractivity contribution in [2.45, 2.75) is 27.1 Å². The van der Waals surface area contributed by atoms with Gasteiger partial charge in [0, 0.05) is 11.6 Å². The molecule has 0 atom stereocenters. The first-order chi connectivity index (χ1) is 11.5. The Kier molecular flexibility index (Phi) is 5.76. The molecule has 0 heterocycles. The first-order valence-electron chi connectivity index (χ1n) is 7.33. The van der Waals surface area contributed by atoms with Gasteiger partial charge in [-0.1, -0.05) is 12.1 Å². The molecule has 2 rings (SSSR count). The quantitative estimate of drug-likeness (QED) is 0.668. The number of halogens is 1. The molecule has 0 aliphatic heterocycles. The Hall–Kier alpha value is -2.60. The van der Waals surface area contributed by atoms with E-state index in [9.17, 15) is 14.3 Å². The SMILES string of the molecule is COC(=O)Oc1cccc(CO)c1COc1cc(F)c(C)cc1C. The van der Waals surface area contributed by atoms with Gasteiger partial charge in [-0.3, -0.25) is 0 Å². The van der Waals surface area contributed by atoms with Crippen molar-refractivity contribution in [2.75, 3.05) is 7.11 Å². The predicted octanol–water partition coefficient (Wildman–Crippen LogP) is 3.66. The Labute approximate surface area is 139 Å². The fourth-order valence-corrected chi connectivity index (χ4v) is 2.26. The van der Waals surface area contributed by atoms with Gasteiger partial charge in [-0.05, 0) is 42.7 Å². The molecule has 0 aromatic heterocycles. The van der Waals surface area contributed by atoms with Crippen LogP contribution in [0.1, 0.15) is 22.3 Å². The number of benzene rings is 2. The Balaban J connectivity index is 2.28. The van der Waals surface area contributed by atoms with Crippen molar-refractivity contribution in [3.63, 3.8) is 0 Å². The van der Waals surface area contributed by atoms with Crippen molar-refractivity contribution >= 4 is 6.16 Å². The van der Waals surface area contributed by atoms with Crippen LogP contribution in [0.25, 0.3) is 0 Å². The molecule has 6 heteroatoms. The summed E-state index contributed by atoms with van der Waals surface area (Å²) in [5.41, 5.74) is 2.35. The monoisotopic (exact) mass is 334 g/mol. The molecule has 128 valence electrons. The van der Waals surface area contributed by atoms with E-state index in [2.05, 4.69) is 4.74 Å². The van der Waals surface area contributed by atoms with Crippen molar-refractivity contribution < 1.29 is 28.5 Å². The average Bonchev–Trinajstić information content (AvgIpc) is 2.57. The summed E-state index contributed by atoms with van der Waals surface area (Å²) < 4.78 is 28.9. The number of aliphatic hydroxyl groups excluding tert-OH is 1. The summed E-state index contributed by atoms with van der Waals surface area (Å²) in [6, 6.07) is 7.90. The standard InChI is InChI=1S/C18H19FO5/c1-11-7-12(2)17(8-15(11)19)23-10-14-13(9-20)5-4-6-16(14)24-18(21)22-3/h4-8,20H,9-10H2,1-3H3. The summed E-state index contributed by atoms with van der Waals surface area (Å²) >= 11 is 0. The van der Waals surface area contributed by atoms with Gasteiger partial charge in [-0.2, -0.15) is 0 Å². The zero-order chi connectivity index (χ0) is 17.7. The fourth-order valence-electron chi connectivity index (χ4n) is 2.26.